The monoisotopic (exact) mass is 512 g/mol. The van der Waals surface area contributed by atoms with Gasteiger partial charge in [-0.05, 0) is 54.7 Å². The molecule has 35 heavy (non-hydrogen) atoms. The van der Waals surface area contributed by atoms with Gasteiger partial charge in [0.05, 0.1) is 5.56 Å². The van der Waals surface area contributed by atoms with Gasteiger partial charge < -0.3 is 14.4 Å². The van der Waals surface area contributed by atoms with E-state index in [1.54, 1.807) is 17.0 Å². The van der Waals surface area contributed by atoms with Crippen LogP contribution < -0.4 is 9.50 Å². The van der Waals surface area contributed by atoms with Crippen LogP contribution >= 0.6 is 0 Å². The highest BCUT2D eigenvalue weighted by Crippen LogP contribution is 2.31. The topological polar surface area (TPSA) is 75.7 Å². The number of rotatable bonds is 8. The lowest BCUT2D eigenvalue weighted by Crippen LogP contribution is -2.46. The van der Waals surface area contributed by atoms with Crippen molar-refractivity contribution in [2.75, 3.05) is 6.54 Å². The van der Waals surface area contributed by atoms with Gasteiger partial charge in [-0.2, -0.15) is 21.6 Å². The fourth-order valence-electron chi connectivity index (χ4n) is 4.09. The van der Waals surface area contributed by atoms with E-state index in [4.69, 9.17) is 4.18 Å². The summed E-state index contributed by atoms with van der Waals surface area (Å²) in [5.74, 6) is 0.171. The van der Waals surface area contributed by atoms with Gasteiger partial charge in [-0.3, -0.25) is 0 Å². The number of carbonyl (C=O) groups is 1. The van der Waals surface area contributed by atoms with E-state index in [9.17, 15) is 26.4 Å². The van der Waals surface area contributed by atoms with E-state index in [1.165, 1.54) is 18.6 Å². The number of alkyl halides is 3. The lowest BCUT2D eigenvalue weighted by Gasteiger charge is -2.29. The zero-order chi connectivity index (χ0) is 25.6. The van der Waals surface area contributed by atoms with Crippen LogP contribution in [0.15, 0.2) is 53.4 Å². The Labute approximate surface area is 204 Å². The molecule has 0 aromatic heterocycles. The van der Waals surface area contributed by atoms with Crippen LogP contribution in [0.5, 0.6) is 5.75 Å². The fraction of sp³-hybridized carbons (Fsp3) is 0.480. The van der Waals surface area contributed by atoms with Gasteiger partial charge in [0, 0.05) is 19.1 Å². The molecule has 0 spiro atoms. The zero-order valence-electron chi connectivity index (χ0n) is 19.8. The predicted octanol–water partition coefficient (Wildman–Crippen LogP) is 5.97. The average molecular weight is 513 g/mol. The van der Waals surface area contributed by atoms with Gasteiger partial charge in [0.2, 0.25) is 0 Å². The van der Waals surface area contributed by atoms with Gasteiger partial charge >= 0.3 is 22.3 Å². The summed E-state index contributed by atoms with van der Waals surface area (Å²) in [5.41, 5.74) is -0.439. The number of benzene rings is 2. The third-order valence-electron chi connectivity index (χ3n) is 5.73. The van der Waals surface area contributed by atoms with E-state index >= 15 is 0 Å². The van der Waals surface area contributed by atoms with Crippen molar-refractivity contribution >= 4 is 16.1 Å². The largest absolute Gasteiger partial charge is 0.416 e. The first kappa shape index (κ1) is 26.8. The fourth-order valence-corrected chi connectivity index (χ4v) is 5.06. The standard InChI is InChI=1S/C25H31F3N2O4S/c1-18(2)16-30(24(31)29-21-10-4-3-5-11-21)17-19-8-6-12-22(14-19)34-35(32,33)23-13-7-9-20(15-23)25(26,27)28/h6-9,12-15,18,21H,3-5,10-11,16-17H2,1-2H3,(H,29,31). The van der Waals surface area contributed by atoms with E-state index in [0.29, 0.717) is 18.2 Å². The molecule has 3 rings (SSSR count). The van der Waals surface area contributed by atoms with Crippen molar-refractivity contribution < 1.29 is 30.6 Å². The molecule has 0 unspecified atom stereocenters. The molecule has 192 valence electrons. The predicted molar refractivity (Wildman–Crippen MR) is 126 cm³/mol. The number of nitrogens with one attached hydrogen (secondary N) is 1. The normalized spacial score (nSPS) is 15.1. The van der Waals surface area contributed by atoms with Gasteiger partial charge in [0.25, 0.3) is 0 Å². The first-order chi connectivity index (χ1) is 16.4. The van der Waals surface area contributed by atoms with Crippen LogP contribution in [0.3, 0.4) is 0 Å². The summed E-state index contributed by atoms with van der Waals surface area (Å²) in [7, 11) is -4.49. The summed E-state index contributed by atoms with van der Waals surface area (Å²) in [6.07, 6.45) is 0.599. The molecule has 1 aliphatic carbocycles. The Hall–Kier alpha value is -2.75. The zero-order valence-corrected chi connectivity index (χ0v) is 20.7. The maximum Gasteiger partial charge on any atom is 0.416 e. The van der Waals surface area contributed by atoms with Gasteiger partial charge in [-0.1, -0.05) is 51.3 Å². The lowest BCUT2D eigenvalue weighted by molar-refractivity contribution is -0.137. The smallest absolute Gasteiger partial charge is 0.379 e. The molecule has 0 bridgehead atoms. The lowest BCUT2D eigenvalue weighted by atomic mass is 9.96. The van der Waals surface area contributed by atoms with Gasteiger partial charge in [-0.25, -0.2) is 4.79 Å². The number of nitrogens with zero attached hydrogens (tertiary/aromatic N) is 1. The molecule has 6 nitrogen and oxygen atoms in total. The van der Waals surface area contributed by atoms with E-state index in [2.05, 4.69) is 5.32 Å². The number of urea groups is 1. The van der Waals surface area contributed by atoms with Gasteiger partial charge in [0.15, 0.2) is 0 Å². The Morgan fingerprint density at radius 3 is 2.43 bits per heavy atom. The Kier molecular flexibility index (Phi) is 8.69. The third kappa shape index (κ3) is 7.88. The van der Waals surface area contributed by atoms with Crippen LogP contribution in [0, 0.1) is 5.92 Å². The number of carbonyl (C=O) groups excluding carboxylic acids is 1. The number of hydrogen-bond acceptors (Lipinski definition) is 4. The molecule has 0 saturated heterocycles. The Bertz CT molecular complexity index is 1110. The molecule has 1 aliphatic rings. The van der Waals surface area contributed by atoms with Crippen molar-refractivity contribution in [2.45, 2.75) is 69.6 Å². The summed E-state index contributed by atoms with van der Waals surface area (Å²) < 4.78 is 69.3. The van der Waals surface area contributed by atoms with Crippen molar-refractivity contribution in [3.8, 4) is 5.75 Å². The highest BCUT2D eigenvalue weighted by molar-refractivity contribution is 7.87. The second-order valence-corrected chi connectivity index (χ2v) is 10.8. The van der Waals surface area contributed by atoms with Crippen molar-refractivity contribution in [3.63, 3.8) is 0 Å². The SMILES string of the molecule is CC(C)CN(Cc1cccc(OS(=O)(=O)c2cccc(C(F)(F)F)c2)c1)C(=O)NC1CCCCC1. The first-order valence-electron chi connectivity index (χ1n) is 11.7. The van der Waals surface area contributed by atoms with E-state index in [0.717, 1.165) is 43.9 Å². The minimum atomic E-state index is -4.68. The molecule has 1 N–H and O–H groups in total. The molecule has 2 amide bonds. The third-order valence-corrected chi connectivity index (χ3v) is 6.98. The second kappa shape index (κ2) is 11.3. The molecule has 1 saturated carbocycles. The molecule has 1 fully saturated rings. The van der Waals surface area contributed by atoms with Gasteiger partial charge in [0.1, 0.15) is 10.6 Å². The Morgan fingerprint density at radius 2 is 1.77 bits per heavy atom. The molecule has 0 radical (unpaired) electrons. The Balaban J connectivity index is 1.74. The molecular formula is C25H31F3N2O4S. The molecule has 0 heterocycles. The van der Waals surface area contributed by atoms with Crippen LogP contribution in [-0.2, 0) is 22.8 Å². The molecule has 2 aromatic carbocycles. The van der Waals surface area contributed by atoms with Crippen molar-refractivity contribution in [1.29, 1.82) is 0 Å². The summed E-state index contributed by atoms with van der Waals surface area (Å²) in [6, 6.07) is 9.59. The van der Waals surface area contributed by atoms with Crippen LogP contribution in [0.4, 0.5) is 18.0 Å². The van der Waals surface area contributed by atoms with Crippen LogP contribution in [-0.4, -0.2) is 31.9 Å². The second-order valence-electron chi connectivity index (χ2n) is 9.27. The highest BCUT2D eigenvalue weighted by Gasteiger charge is 2.32. The van der Waals surface area contributed by atoms with Crippen molar-refractivity contribution in [3.05, 3.63) is 59.7 Å². The summed E-state index contributed by atoms with van der Waals surface area (Å²) in [5, 5.41) is 3.10. The average Bonchev–Trinajstić information content (AvgIpc) is 2.78. The molecule has 10 heteroatoms. The quantitative estimate of drug-likeness (QED) is 0.442. The maximum absolute atomic E-state index is 13.0. The summed E-state index contributed by atoms with van der Waals surface area (Å²) in [4.78, 5) is 14.0. The number of amides is 2. The van der Waals surface area contributed by atoms with Crippen molar-refractivity contribution in [1.82, 2.24) is 10.2 Å². The van der Waals surface area contributed by atoms with Crippen LogP contribution in [0.2, 0.25) is 0 Å². The molecule has 0 atom stereocenters. The van der Waals surface area contributed by atoms with E-state index in [1.807, 2.05) is 13.8 Å². The molecular weight excluding hydrogens is 481 g/mol. The summed E-state index contributed by atoms with van der Waals surface area (Å²) >= 11 is 0. The van der Waals surface area contributed by atoms with Gasteiger partial charge in [-0.15, -0.1) is 0 Å². The maximum atomic E-state index is 13.0. The number of halogens is 3. The van der Waals surface area contributed by atoms with Crippen LogP contribution in [0.1, 0.15) is 57.1 Å². The summed E-state index contributed by atoms with van der Waals surface area (Å²) in [6.45, 7) is 4.74. The van der Waals surface area contributed by atoms with E-state index in [-0.39, 0.29) is 30.3 Å². The highest BCUT2D eigenvalue weighted by atomic mass is 32.2. The van der Waals surface area contributed by atoms with Crippen molar-refractivity contribution in [2.24, 2.45) is 5.92 Å². The minimum Gasteiger partial charge on any atom is -0.379 e. The molecule has 2 aromatic rings. The van der Waals surface area contributed by atoms with E-state index < -0.39 is 26.8 Å². The Morgan fingerprint density at radius 1 is 1.09 bits per heavy atom. The van der Waals surface area contributed by atoms with Crippen LogP contribution in [0.25, 0.3) is 0 Å². The molecule has 0 aliphatic heterocycles. The minimum absolute atomic E-state index is 0.0444. The first-order valence-corrected chi connectivity index (χ1v) is 13.1. The number of hydrogen-bond donors (Lipinski definition) is 1.